The van der Waals surface area contributed by atoms with Gasteiger partial charge in [-0.05, 0) is 18.6 Å². The number of aromatic nitrogens is 1. The Labute approximate surface area is 112 Å². The lowest BCUT2D eigenvalue weighted by molar-refractivity contribution is -0.117. The van der Waals surface area contributed by atoms with E-state index in [0.717, 1.165) is 6.42 Å². The van der Waals surface area contributed by atoms with Gasteiger partial charge in [-0.25, -0.2) is 18.1 Å². The summed E-state index contributed by atoms with van der Waals surface area (Å²) in [7, 11) is -3.70. The summed E-state index contributed by atoms with van der Waals surface area (Å²) < 4.78 is 26.4. The molecule has 0 radical (unpaired) electrons. The van der Waals surface area contributed by atoms with E-state index >= 15 is 0 Å². The minimum absolute atomic E-state index is 0.0280. The Balaban J connectivity index is 2.84. The van der Waals surface area contributed by atoms with Gasteiger partial charge in [0.15, 0.2) is 0 Å². The van der Waals surface area contributed by atoms with Gasteiger partial charge in [-0.1, -0.05) is 6.92 Å². The van der Waals surface area contributed by atoms with E-state index in [2.05, 4.69) is 15.0 Å². The van der Waals surface area contributed by atoms with Crippen molar-refractivity contribution in [3.8, 4) is 0 Å². The fraction of sp³-hybridized carbons (Fsp3) is 0.455. The number of primary amides is 1. The topological polar surface area (TPSA) is 114 Å². The van der Waals surface area contributed by atoms with Crippen LogP contribution in [0, 0.1) is 0 Å². The Bertz CT molecular complexity index is 530. The third-order valence-electron chi connectivity index (χ3n) is 2.27. The van der Waals surface area contributed by atoms with E-state index in [1.165, 1.54) is 12.3 Å². The molecule has 8 heteroatoms. The molecule has 0 saturated heterocycles. The maximum atomic E-state index is 12.1. The molecule has 0 bridgehead atoms. The van der Waals surface area contributed by atoms with Crippen LogP contribution >= 0.6 is 0 Å². The maximum Gasteiger partial charge on any atom is 0.244 e. The lowest BCUT2D eigenvalue weighted by Gasteiger charge is -2.11. The molecule has 0 spiro atoms. The second-order valence-corrected chi connectivity index (χ2v) is 5.63. The van der Waals surface area contributed by atoms with Crippen LogP contribution in [-0.4, -0.2) is 32.4 Å². The van der Waals surface area contributed by atoms with Crippen molar-refractivity contribution in [2.75, 3.05) is 18.4 Å². The Kier molecular flexibility index (Phi) is 5.71. The fourth-order valence-corrected chi connectivity index (χ4v) is 2.53. The molecule has 0 unspecified atom stereocenters. The van der Waals surface area contributed by atoms with Crippen molar-refractivity contribution in [2.45, 2.75) is 24.7 Å². The van der Waals surface area contributed by atoms with Crippen LogP contribution in [-0.2, 0) is 14.8 Å². The van der Waals surface area contributed by atoms with E-state index in [1.54, 1.807) is 6.07 Å². The molecule has 106 valence electrons. The molecule has 0 fully saturated rings. The summed E-state index contributed by atoms with van der Waals surface area (Å²) in [6, 6.07) is 3.00. The van der Waals surface area contributed by atoms with Gasteiger partial charge in [0.1, 0.15) is 10.7 Å². The highest BCUT2D eigenvalue weighted by atomic mass is 32.2. The molecule has 0 saturated carbocycles. The normalized spacial score (nSPS) is 11.2. The third kappa shape index (κ3) is 4.84. The zero-order chi connectivity index (χ0) is 14.3. The summed E-state index contributed by atoms with van der Waals surface area (Å²) in [5, 5.41) is 2.95. The zero-order valence-corrected chi connectivity index (χ0v) is 11.5. The maximum absolute atomic E-state index is 12.1. The molecular formula is C11H18N4O3S. The van der Waals surface area contributed by atoms with Crippen LogP contribution in [0.3, 0.4) is 0 Å². The molecule has 19 heavy (non-hydrogen) atoms. The minimum atomic E-state index is -3.70. The average molecular weight is 286 g/mol. The van der Waals surface area contributed by atoms with Crippen molar-refractivity contribution in [1.82, 2.24) is 9.71 Å². The molecule has 1 aromatic heterocycles. The number of amides is 1. The van der Waals surface area contributed by atoms with Crippen molar-refractivity contribution in [3.63, 3.8) is 0 Å². The van der Waals surface area contributed by atoms with Crippen LogP contribution in [0.4, 0.5) is 5.82 Å². The van der Waals surface area contributed by atoms with E-state index in [0.29, 0.717) is 12.4 Å². The first-order valence-corrected chi connectivity index (χ1v) is 7.42. The first-order chi connectivity index (χ1) is 8.97. The van der Waals surface area contributed by atoms with E-state index in [-0.39, 0.29) is 17.9 Å². The standard InChI is InChI=1S/C11H18N4O3S/c1-2-6-13-11-9(4-3-7-14-11)19(17,18)15-8-5-10(12)16/h3-4,7,15H,2,5-6,8H2,1H3,(H2,12,16)(H,13,14). The summed E-state index contributed by atoms with van der Waals surface area (Å²) in [6.45, 7) is 2.57. The number of carbonyl (C=O) groups excluding carboxylic acids is 1. The summed E-state index contributed by atoms with van der Waals surface area (Å²) in [4.78, 5) is 14.7. The Morgan fingerprint density at radius 3 is 2.79 bits per heavy atom. The van der Waals surface area contributed by atoms with Gasteiger partial charge in [0.05, 0.1) is 0 Å². The highest BCUT2D eigenvalue weighted by molar-refractivity contribution is 7.89. The Morgan fingerprint density at radius 2 is 2.16 bits per heavy atom. The molecular weight excluding hydrogens is 268 g/mol. The van der Waals surface area contributed by atoms with Crippen LogP contribution in [0.1, 0.15) is 19.8 Å². The number of nitrogens with one attached hydrogen (secondary N) is 2. The van der Waals surface area contributed by atoms with E-state index in [4.69, 9.17) is 5.73 Å². The molecule has 1 aromatic rings. The third-order valence-corrected chi connectivity index (χ3v) is 3.76. The number of nitrogens with zero attached hydrogens (tertiary/aromatic N) is 1. The summed E-state index contributed by atoms with van der Waals surface area (Å²) in [5.41, 5.74) is 4.96. The molecule has 7 nitrogen and oxygen atoms in total. The quantitative estimate of drug-likeness (QED) is 0.625. The van der Waals surface area contributed by atoms with Crippen LogP contribution in [0.2, 0.25) is 0 Å². The number of hydrogen-bond acceptors (Lipinski definition) is 5. The molecule has 4 N–H and O–H groups in total. The van der Waals surface area contributed by atoms with Gasteiger partial charge in [-0.15, -0.1) is 0 Å². The predicted octanol–water partition coefficient (Wildman–Crippen LogP) is 0.0572. The number of carbonyl (C=O) groups is 1. The fourth-order valence-electron chi connectivity index (χ4n) is 1.37. The van der Waals surface area contributed by atoms with Gasteiger partial charge in [-0.2, -0.15) is 0 Å². The first-order valence-electron chi connectivity index (χ1n) is 5.94. The van der Waals surface area contributed by atoms with Crippen LogP contribution in [0.25, 0.3) is 0 Å². The van der Waals surface area contributed by atoms with Crippen LogP contribution in [0.5, 0.6) is 0 Å². The molecule has 0 aliphatic rings. The summed E-state index contributed by atoms with van der Waals surface area (Å²) in [5.74, 6) is -0.255. The molecule has 0 aliphatic carbocycles. The van der Waals surface area contributed by atoms with E-state index in [1.807, 2.05) is 6.92 Å². The van der Waals surface area contributed by atoms with Crippen molar-refractivity contribution in [2.24, 2.45) is 5.73 Å². The highest BCUT2D eigenvalue weighted by Gasteiger charge is 2.18. The van der Waals surface area contributed by atoms with Crippen molar-refractivity contribution >= 4 is 21.7 Å². The van der Waals surface area contributed by atoms with Crippen LogP contribution in [0.15, 0.2) is 23.2 Å². The Hall–Kier alpha value is -1.67. The second-order valence-electron chi connectivity index (χ2n) is 3.89. The Morgan fingerprint density at radius 1 is 1.42 bits per heavy atom. The summed E-state index contributed by atoms with van der Waals surface area (Å²) >= 11 is 0. The van der Waals surface area contributed by atoms with Gasteiger partial charge in [-0.3, -0.25) is 4.79 Å². The molecule has 0 aliphatic heterocycles. The van der Waals surface area contributed by atoms with Gasteiger partial charge in [0.2, 0.25) is 15.9 Å². The van der Waals surface area contributed by atoms with Crippen molar-refractivity contribution in [1.29, 1.82) is 0 Å². The highest BCUT2D eigenvalue weighted by Crippen LogP contribution is 2.17. The number of nitrogens with two attached hydrogens (primary N) is 1. The zero-order valence-electron chi connectivity index (χ0n) is 10.7. The van der Waals surface area contributed by atoms with E-state index < -0.39 is 15.9 Å². The van der Waals surface area contributed by atoms with Gasteiger partial charge < -0.3 is 11.1 Å². The summed E-state index contributed by atoms with van der Waals surface area (Å²) in [6.07, 6.45) is 2.32. The lowest BCUT2D eigenvalue weighted by Crippen LogP contribution is -2.28. The number of rotatable bonds is 8. The van der Waals surface area contributed by atoms with Crippen LogP contribution < -0.4 is 15.8 Å². The molecule has 1 heterocycles. The first kappa shape index (κ1) is 15.4. The lowest BCUT2D eigenvalue weighted by atomic mass is 10.4. The number of sulfonamides is 1. The van der Waals surface area contributed by atoms with Crippen molar-refractivity contribution in [3.05, 3.63) is 18.3 Å². The van der Waals surface area contributed by atoms with Gasteiger partial charge in [0.25, 0.3) is 0 Å². The predicted molar refractivity (Wildman–Crippen MR) is 72.0 cm³/mol. The number of pyridine rings is 1. The van der Waals surface area contributed by atoms with E-state index in [9.17, 15) is 13.2 Å². The molecule has 0 aromatic carbocycles. The monoisotopic (exact) mass is 286 g/mol. The minimum Gasteiger partial charge on any atom is -0.370 e. The second kappa shape index (κ2) is 7.05. The van der Waals surface area contributed by atoms with Gasteiger partial charge >= 0.3 is 0 Å². The molecule has 1 rings (SSSR count). The smallest absolute Gasteiger partial charge is 0.244 e. The SMILES string of the molecule is CCCNc1ncccc1S(=O)(=O)NCCC(N)=O. The largest absolute Gasteiger partial charge is 0.370 e. The number of anilines is 1. The molecule has 1 amide bonds. The average Bonchev–Trinajstić information content (AvgIpc) is 2.36. The van der Waals surface area contributed by atoms with Crippen molar-refractivity contribution < 1.29 is 13.2 Å². The molecule has 0 atom stereocenters. The number of hydrogen-bond donors (Lipinski definition) is 3. The van der Waals surface area contributed by atoms with Gasteiger partial charge in [0, 0.05) is 25.7 Å².